The largest absolute Gasteiger partial charge is 0.393 e. The Morgan fingerprint density at radius 1 is 0.964 bits per heavy atom. The van der Waals surface area contributed by atoms with E-state index >= 15 is 0 Å². The van der Waals surface area contributed by atoms with Crippen molar-refractivity contribution >= 4 is 40.1 Å². The Morgan fingerprint density at radius 2 is 1.79 bits per heavy atom. The van der Waals surface area contributed by atoms with Crippen LogP contribution in [0.25, 0.3) is 10.9 Å². The van der Waals surface area contributed by atoms with Gasteiger partial charge >= 0.3 is 0 Å². The lowest BCUT2D eigenvalue weighted by molar-refractivity contribution is 0.0962. The topological polar surface area (TPSA) is 119 Å². The van der Waals surface area contributed by atoms with Crippen molar-refractivity contribution in [2.75, 3.05) is 11.2 Å². The third-order valence-electron chi connectivity index (χ3n) is 3.89. The number of hydrogen-bond donors (Lipinski definition) is 3. The van der Waals surface area contributed by atoms with E-state index in [0.717, 1.165) is 15.8 Å². The lowest BCUT2D eigenvalue weighted by Gasteiger charge is -2.12. The van der Waals surface area contributed by atoms with Crippen molar-refractivity contribution in [1.82, 2.24) is 25.4 Å². The molecule has 0 fully saturated rings. The predicted molar refractivity (Wildman–Crippen MR) is 108 cm³/mol. The van der Waals surface area contributed by atoms with Crippen LogP contribution in [0.1, 0.15) is 10.4 Å². The van der Waals surface area contributed by atoms with Crippen LogP contribution in [-0.4, -0.2) is 25.8 Å². The fourth-order valence-electron chi connectivity index (χ4n) is 2.51. The molecule has 138 valence electrons. The number of para-hydroxylation sites is 1. The van der Waals surface area contributed by atoms with E-state index in [9.17, 15) is 4.79 Å². The van der Waals surface area contributed by atoms with Gasteiger partial charge in [-0.25, -0.2) is 9.97 Å². The van der Waals surface area contributed by atoms with E-state index in [1.54, 1.807) is 30.7 Å². The molecular formula is C19H15N7OS. The molecule has 0 bridgehead atoms. The Bertz CT molecular complexity index is 1130. The highest BCUT2D eigenvalue weighted by Gasteiger charge is 2.13. The van der Waals surface area contributed by atoms with Crippen molar-refractivity contribution in [2.24, 2.45) is 0 Å². The quantitative estimate of drug-likeness (QED) is 0.352. The van der Waals surface area contributed by atoms with Crippen molar-refractivity contribution in [3.8, 4) is 0 Å². The molecule has 0 aliphatic carbocycles. The molecule has 4 aromatic rings. The minimum atomic E-state index is -0.326. The number of amides is 1. The Morgan fingerprint density at radius 3 is 2.64 bits per heavy atom. The van der Waals surface area contributed by atoms with Gasteiger partial charge in [-0.2, -0.15) is 0 Å². The van der Waals surface area contributed by atoms with Gasteiger partial charge in [0.2, 0.25) is 0 Å². The second-order valence-electron chi connectivity index (χ2n) is 5.69. The van der Waals surface area contributed by atoms with Gasteiger partial charge in [0.25, 0.3) is 5.91 Å². The first-order valence-corrected chi connectivity index (χ1v) is 9.12. The summed E-state index contributed by atoms with van der Waals surface area (Å²) in [7, 11) is 0. The first-order valence-electron chi connectivity index (χ1n) is 8.31. The fourth-order valence-corrected chi connectivity index (χ4v) is 3.44. The molecule has 3 aromatic heterocycles. The van der Waals surface area contributed by atoms with E-state index in [0.29, 0.717) is 22.1 Å². The van der Waals surface area contributed by atoms with Gasteiger partial charge in [0.1, 0.15) is 17.0 Å². The number of fused-ring (bicyclic) bond motifs is 1. The monoisotopic (exact) mass is 389 g/mol. The Labute approximate surface area is 164 Å². The first kappa shape index (κ1) is 17.7. The van der Waals surface area contributed by atoms with Crippen LogP contribution in [0.5, 0.6) is 0 Å². The maximum Gasteiger partial charge on any atom is 0.269 e. The number of carbonyl (C=O) groups is 1. The van der Waals surface area contributed by atoms with Gasteiger partial charge in [-0.3, -0.25) is 25.6 Å². The predicted octanol–water partition coefficient (Wildman–Crippen LogP) is 2.91. The number of nitrogen functional groups attached to an aromatic ring is 1. The molecule has 0 saturated heterocycles. The van der Waals surface area contributed by atoms with Crippen LogP contribution >= 0.6 is 11.8 Å². The summed E-state index contributed by atoms with van der Waals surface area (Å²) in [5.41, 5.74) is 13.2. The summed E-state index contributed by atoms with van der Waals surface area (Å²) in [6.07, 6.45) is 6.22. The van der Waals surface area contributed by atoms with E-state index in [-0.39, 0.29) is 5.91 Å². The number of nitrogens with zero attached hydrogens (tertiary/aromatic N) is 4. The van der Waals surface area contributed by atoms with Gasteiger partial charge < -0.3 is 5.73 Å². The average molecular weight is 389 g/mol. The molecule has 0 saturated carbocycles. The van der Waals surface area contributed by atoms with E-state index in [2.05, 4.69) is 30.8 Å². The molecule has 28 heavy (non-hydrogen) atoms. The standard InChI is InChI=1S/C19H15N7OS/c20-15-17(25-26-18(27)13-6-9-21-10-7-13)23-11-24-19(15)28-14-5-1-3-12-4-2-8-22-16(12)14/h1-11H,20H2,(H,26,27)(H,23,24,25). The van der Waals surface area contributed by atoms with Crippen LogP contribution in [0.4, 0.5) is 11.5 Å². The van der Waals surface area contributed by atoms with Crippen molar-refractivity contribution in [2.45, 2.75) is 9.92 Å². The zero-order valence-corrected chi connectivity index (χ0v) is 15.4. The smallest absolute Gasteiger partial charge is 0.269 e. The van der Waals surface area contributed by atoms with Gasteiger partial charge in [-0.1, -0.05) is 30.0 Å². The molecule has 3 heterocycles. The van der Waals surface area contributed by atoms with Gasteiger partial charge in [0.15, 0.2) is 5.82 Å². The van der Waals surface area contributed by atoms with Crippen molar-refractivity contribution in [1.29, 1.82) is 0 Å². The lowest BCUT2D eigenvalue weighted by Crippen LogP contribution is -2.30. The number of benzene rings is 1. The average Bonchev–Trinajstić information content (AvgIpc) is 2.75. The number of aromatic nitrogens is 4. The second kappa shape index (κ2) is 7.89. The third kappa shape index (κ3) is 3.69. The number of nitrogens with one attached hydrogen (secondary N) is 2. The molecule has 1 amide bonds. The number of carbonyl (C=O) groups excluding carboxylic acids is 1. The second-order valence-corrected chi connectivity index (χ2v) is 6.72. The van der Waals surface area contributed by atoms with E-state index in [1.807, 2.05) is 30.3 Å². The Balaban J connectivity index is 1.54. The number of pyridine rings is 2. The highest BCUT2D eigenvalue weighted by Crippen LogP contribution is 2.35. The molecule has 4 rings (SSSR count). The van der Waals surface area contributed by atoms with Crippen molar-refractivity contribution in [3.05, 3.63) is 72.9 Å². The van der Waals surface area contributed by atoms with Gasteiger partial charge in [0.05, 0.1) is 5.52 Å². The normalized spacial score (nSPS) is 10.6. The Hall–Kier alpha value is -3.72. The first-order chi connectivity index (χ1) is 13.7. The van der Waals surface area contributed by atoms with Crippen molar-refractivity contribution in [3.63, 3.8) is 0 Å². The maximum absolute atomic E-state index is 12.2. The van der Waals surface area contributed by atoms with Crippen LogP contribution in [0.2, 0.25) is 0 Å². The maximum atomic E-state index is 12.2. The molecule has 8 nitrogen and oxygen atoms in total. The molecule has 0 unspecified atom stereocenters. The molecule has 1 aromatic carbocycles. The van der Waals surface area contributed by atoms with Gasteiger partial charge in [-0.15, -0.1) is 0 Å². The van der Waals surface area contributed by atoms with Gasteiger partial charge in [0, 0.05) is 34.4 Å². The molecule has 4 N–H and O–H groups in total. The summed E-state index contributed by atoms with van der Waals surface area (Å²) in [6.45, 7) is 0. The summed E-state index contributed by atoms with van der Waals surface area (Å²) in [6, 6.07) is 13.0. The summed E-state index contributed by atoms with van der Waals surface area (Å²) in [4.78, 5) is 29.8. The van der Waals surface area contributed by atoms with Gasteiger partial charge in [-0.05, 0) is 24.3 Å². The molecule has 0 spiro atoms. The minimum absolute atomic E-state index is 0.313. The molecule has 0 radical (unpaired) electrons. The SMILES string of the molecule is Nc1c(NNC(=O)c2ccncc2)ncnc1Sc1cccc2cccnc12. The summed E-state index contributed by atoms with van der Waals surface area (Å²) in [5.74, 6) is -0.0130. The van der Waals surface area contributed by atoms with Crippen LogP contribution in [-0.2, 0) is 0 Å². The summed E-state index contributed by atoms with van der Waals surface area (Å²) < 4.78 is 0. The van der Waals surface area contributed by atoms with Crippen molar-refractivity contribution < 1.29 is 4.79 Å². The summed E-state index contributed by atoms with van der Waals surface area (Å²) >= 11 is 1.39. The van der Waals surface area contributed by atoms with Crippen LogP contribution in [0.15, 0.2) is 77.3 Å². The molecule has 0 aliphatic rings. The fraction of sp³-hybridized carbons (Fsp3) is 0. The molecule has 0 atom stereocenters. The highest BCUT2D eigenvalue weighted by molar-refractivity contribution is 7.99. The van der Waals surface area contributed by atoms with Crippen LogP contribution in [0, 0.1) is 0 Å². The number of anilines is 2. The third-order valence-corrected chi connectivity index (χ3v) is 4.95. The van der Waals surface area contributed by atoms with Crippen LogP contribution < -0.4 is 16.6 Å². The van der Waals surface area contributed by atoms with E-state index < -0.39 is 0 Å². The number of nitrogens with two attached hydrogens (primary N) is 1. The molecule has 9 heteroatoms. The highest BCUT2D eigenvalue weighted by atomic mass is 32.2. The number of hydrazine groups is 1. The molecular weight excluding hydrogens is 374 g/mol. The van der Waals surface area contributed by atoms with E-state index in [1.165, 1.54) is 18.1 Å². The van der Waals surface area contributed by atoms with Crippen LogP contribution in [0.3, 0.4) is 0 Å². The zero-order chi connectivity index (χ0) is 19.3. The minimum Gasteiger partial charge on any atom is -0.393 e. The summed E-state index contributed by atoms with van der Waals surface area (Å²) in [5, 5.41) is 1.59. The number of rotatable bonds is 5. The lowest BCUT2D eigenvalue weighted by atomic mass is 10.2. The number of hydrogen-bond acceptors (Lipinski definition) is 8. The Kier molecular flexibility index (Phi) is 4.98. The molecule has 0 aliphatic heterocycles. The van der Waals surface area contributed by atoms with E-state index in [4.69, 9.17) is 5.73 Å². The zero-order valence-electron chi connectivity index (χ0n) is 14.5.